The summed E-state index contributed by atoms with van der Waals surface area (Å²) in [6, 6.07) is 5.59. The summed E-state index contributed by atoms with van der Waals surface area (Å²) in [4.78, 5) is 14.8. The number of para-hydroxylation sites is 1. The molecule has 3 rings (SSSR count). The van der Waals surface area contributed by atoms with Crippen molar-refractivity contribution in [1.29, 1.82) is 0 Å². The minimum atomic E-state index is -0.108. The van der Waals surface area contributed by atoms with E-state index in [4.69, 9.17) is 16.3 Å². The Kier molecular flexibility index (Phi) is 2.68. The van der Waals surface area contributed by atoms with Crippen LogP contribution in [0.5, 0.6) is 0 Å². The molecule has 90 valence electrons. The standard InChI is InChI=1S/C12H13ClN2O2/c13-9-4-1-5-10-11(9)15(12(16)14-10)8-3-2-6-17-7-8/h1,4-5,8H,2-3,6-7H2,(H,14,16). The van der Waals surface area contributed by atoms with Crippen molar-refractivity contribution in [2.24, 2.45) is 0 Å². The van der Waals surface area contributed by atoms with Crippen LogP contribution in [0.3, 0.4) is 0 Å². The van der Waals surface area contributed by atoms with Gasteiger partial charge in [0.15, 0.2) is 0 Å². The second-order valence-corrected chi connectivity index (χ2v) is 4.71. The average molecular weight is 253 g/mol. The molecule has 1 atom stereocenters. The van der Waals surface area contributed by atoms with Crippen LogP contribution in [0.4, 0.5) is 0 Å². The van der Waals surface area contributed by atoms with Crippen LogP contribution in [0.1, 0.15) is 18.9 Å². The molecule has 0 radical (unpaired) electrons. The van der Waals surface area contributed by atoms with Crippen LogP contribution in [-0.2, 0) is 4.74 Å². The van der Waals surface area contributed by atoms with Gasteiger partial charge >= 0.3 is 5.69 Å². The van der Waals surface area contributed by atoms with Gasteiger partial charge in [0.1, 0.15) is 0 Å². The van der Waals surface area contributed by atoms with Gasteiger partial charge in [0, 0.05) is 6.61 Å². The minimum Gasteiger partial charge on any atom is -0.379 e. The average Bonchev–Trinajstić information content (AvgIpc) is 2.68. The molecule has 0 bridgehead atoms. The van der Waals surface area contributed by atoms with Crippen molar-refractivity contribution >= 4 is 22.6 Å². The van der Waals surface area contributed by atoms with Crippen LogP contribution < -0.4 is 5.69 Å². The van der Waals surface area contributed by atoms with E-state index in [-0.39, 0.29) is 11.7 Å². The molecule has 0 saturated carbocycles. The number of hydrogen-bond donors (Lipinski definition) is 1. The molecule has 1 aliphatic rings. The summed E-state index contributed by atoms with van der Waals surface area (Å²) < 4.78 is 7.17. The molecule has 2 aromatic rings. The Labute approximate surface area is 103 Å². The van der Waals surface area contributed by atoms with Gasteiger partial charge in [0.2, 0.25) is 0 Å². The van der Waals surface area contributed by atoms with Crippen molar-refractivity contribution in [2.75, 3.05) is 13.2 Å². The molecule has 1 aliphatic heterocycles. The number of halogens is 1. The number of rotatable bonds is 1. The van der Waals surface area contributed by atoms with Gasteiger partial charge in [-0.3, -0.25) is 4.57 Å². The van der Waals surface area contributed by atoms with E-state index in [9.17, 15) is 4.79 Å². The minimum absolute atomic E-state index is 0.0879. The number of benzene rings is 1. The third-order valence-electron chi connectivity index (χ3n) is 3.19. The van der Waals surface area contributed by atoms with Crippen molar-refractivity contribution in [2.45, 2.75) is 18.9 Å². The second kappa shape index (κ2) is 4.20. The zero-order chi connectivity index (χ0) is 11.8. The summed E-state index contributed by atoms with van der Waals surface area (Å²) in [5.41, 5.74) is 1.46. The Hall–Kier alpha value is -1.26. The van der Waals surface area contributed by atoms with Crippen LogP contribution in [0, 0.1) is 0 Å². The third-order valence-corrected chi connectivity index (χ3v) is 3.49. The molecule has 1 aromatic carbocycles. The number of H-pyrrole nitrogens is 1. The van der Waals surface area contributed by atoms with E-state index in [0.717, 1.165) is 30.5 Å². The molecule has 1 N–H and O–H groups in total. The molecular weight excluding hydrogens is 240 g/mol. The summed E-state index contributed by atoms with van der Waals surface area (Å²) in [6.07, 6.45) is 1.94. The van der Waals surface area contributed by atoms with Crippen molar-refractivity contribution in [3.63, 3.8) is 0 Å². The molecule has 2 heterocycles. The summed E-state index contributed by atoms with van der Waals surface area (Å²) in [7, 11) is 0. The van der Waals surface area contributed by atoms with E-state index in [1.165, 1.54) is 0 Å². The van der Waals surface area contributed by atoms with Gasteiger partial charge in [-0.15, -0.1) is 0 Å². The first-order valence-corrected chi connectivity index (χ1v) is 6.11. The van der Waals surface area contributed by atoms with Crippen LogP contribution in [0.2, 0.25) is 5.02 Å². The van der Waals surface area contributed by atoms with Crippen molar-refractivity contribution < 1.29 is 4.74 Å². The molecule has 1 saturated heterocycles. The van der Waals surface area contributed by atoms with E-state index < -0.39 is 0 Å². The summed E-state index contributed by atoms with van der Waals surface area (Å²) in [6.45, 7) is 1.36. The number of ether oxygens (including phenoxy) is 1. The Bertz CT molecular complexity index is 596. The molecule has 1 aromatic heterocycles. The Morgan fingerprint density at radius 3 is 3.12 bits per heavy atom. The third kappa shape index (κ3) is 1.77. The maximum Gasteiger partial charge on any atom is 0.326 e. The fourth-order valence-electron chi connectivity index (χ4n) is 2.41. The topological polar surface area (TPSA) is 47.0 Å². The molecule has 0 spiro atoms. The molecule has 0 aliphatic carbocycles. The van der Waals surface area contributed by atoms with Crippen LogP contribution in [0.25, 0.3) is 11.0 Å². The van der Waals surface area contributed by atoms with E-state index in [1.807, 2.05) is 12.1 Å². The predicted molar refractivity (Wildman–Crippen MR) is 66.7 cm³/mol. The van der Waals surface area contributed by atoms with Crippen molar-refractivity contribution in [1.82, 2.24) is 9.55 Å². The lowest BCUT2D eigenvalue weighted by Gasteiger charge is -2.23. The first kappa shape index (κ1) is 10.9. The monoisotopic (exact) mass is 252 g/mol. The second-order valence-electron chi connectivity index (χ2n) is 4.31. The van der Waals surface area contributed by atoms with E-state index in [0.29, 0.717) is 11.6 Å². The van der Waals surface area contributed by atoms with Crippen LogP contribution in [0.15, 0.2) is 23.0 Å². The van der Waals surface area contributed by atoms with Gasteiger partial charge in [-0.25, -0.2) is 4.79 Å². The molecule has 4 nitrogen and oxygen atoms in total. The fraction of sp³-hybridized carbons (Fsp3) is 0.417. The lowest BCUT2D eigenvalue weighted by atomic mass is 10.1. The highest BCUT2D eigenvalue weighted by atomic mass is 35.5. The quantitative estimate of drug-likeness (QED) is 0.847. The fourth-order valence-corrected chi connectivity index (χ4v) is 2.68. The molecular formula is C12H13ClN2O2. The largest absolute Gasteiger partial charge is 0.379 e. The number of imidazole rings is 1. The summed E-state index contributed by atoms with van der Waals surface area (Å²) in [5, 5.41) is 0.603. The van der Waals surface area contributed by atoms with Crippen molar-refractivity contribution in [3.8, 4) is 0 Å². The predicted octanol–water partition coefficient (Wildman–Crippen LogP) is 2.33. The normalized spacial score (nSPS) is 20.9. The lowest BCUT2D eigenvalue weighted by Crippen LogP contribution is -2.28. The van der Waals surface area contributed by atoms with E-state index in [2.05, 4.69) is 4.98 Å². The number of hydrogen-bond acceptors (Lipinski definition) is 2. The summed E-state index contributed by atoms with van der Waals surface area (Å²) in [5.74, 6) is 0. The molecule has 5 heteroatoms. The van der Waals surface area contributed by atoms with E-state index >= 15 is 0 Å². The first-order valence-electron chi connectivity index (χ1n) is 5.74. The Morgan fingerprint density at radius 1 is 1.47 bits per heavy atom. The zero-order valence-corrected chi connectivity index (χ0v) is 10.0. The lowest BCUT2D eigenvalue weighted by molar-refractivity contribution is 0.0595. The molecule has 1 unspecified atom stereocenters. The number of aromatic amines is 1. The van der Waals surface area contributed by atoms with Crippen LogP contribution in [-0.4, -0.2) is 22.8 Å². The van der Waals surface area contributed by atoms with Gasteiger partial charge < -0.3 is 9.72 Å². The van der Waals surface area contributed by atoms with Gasteiger partial charge in [0.25, 0.3) is 0 Å². The number of fused-ring (bicyclic) bond motifs is 1. The maximum atomic E-state index is 12.0. The molecule has 0 amide bonds. The zero-order valence-electron chi connectivity index (χ0n) is 9.28. The summed E-state index contributed by atoms with van der Waals surface area (Å²) >= 11 is 6.17. The Morgan fingerprint density at radius 2 is 2.35 bits per heavy atom. The highest BCUT2D eigenvalue weighted by Gasteiger charge is 2.21. The van der Waals surface area contributed by atoms with Gasteiger partial charge in [0.05, 0.1) is 28.7 Å². The van der Waals surface area contributed by atoms with Crippen LogP contribution >= 0.6 is 11.6 Å². The van der Waals surface area contributed by atoms with Gasteiger partial charge in [-0.05, 0) is 25.0 Å². The number of nitrogens with zero attached hydrogens (tertiary/aromatic N) is 1. The SMILES string of the molecule is O=c1[nH]c2cccc(Cl)c2n1C1CCCOC1. The highest BCUT2D eigenvalue weighted by molar-refractivity contribution is 6.34. The molecule has 1 fully saturated rings. The van der Waals surface area contributed by atoms with Crippen molar-refractivity contribution in [3.05, 3.63) is 33.7 Å². The Balaban J connectivity index is 2.20. The highest BCUT2D eigenvalue weighted by Crippen LogP contribution is 2.26. The maximum absolute atomic E-state index is 12.0. The van der Waals surface area contributed by atoms with Gasteiger partial charge in [-0.1, -0.05) is 17.7 Å². The van der Waals surface area contributed by atoms with E-state index in [1.54, 1.807) is 10.6 Å². The number of nitrogens with one attached hydrogen (secondary N) is 1. The first-order chi connectivity index (χ1) is 8.27. The molecule has 17 heavy (non-hydrogen) atoms. The number of aromatic nitrogens is 2. The smallest absolute Gasteiger partial charge is 0.326 e. The van der Waals surface area contributed by atoms with Gasteiger partial charge in [-0.2, -0.15) is 0 Å².